The number of rotatable bonds is 4. The Labute approximate surface area is 243 Å². The summed E-state index contributed by atoms with van der Waals surface area (Å²) >= 11 is 1.55. The van der Waals surface area contributed by atoms with Crippen LogP contribution < -0.4 is 24.8 Å². The monoisotopic (exact) mass is 584 g/mol. The van der Waals surface area contributed by atoms with Crippen LogP contribution in [0.4, 0.5) is 0 Å². The van der Waals surface area contributed by atoms with Crippen LogP contribution in [-0.4, -0.2) is 3.21 Å². The maximum absolute atomic E-state index is 3.30. The Bertz CT molecular complexity index is 1160. The van der Waals surface area contributed by atoms with Gasteiger partial charge in [0.15, 0.2) is 0 Å². The van der Waals surface area contributed by atoms with Gasteiger partial charge in [-0.3, -0.25) is 6.08 Å². The van der Waals surface area contributed by atoms with Gasteiger partial charge in [-0.15, -0.1) is 12.0 Å². The normalized spacial score (nSPS) is 11.4. The van der Waals surface area contributed by atoms with Gasteiger partial charge in [0.1, 0.15) is 0 Å². The second-order valence-corrected chi connectivity index (χ2v) is 10.1. The summed E-state index contributed by atoms with van der Waals surface area (Å²) < 4.78 is 1.60. The van der Waals surface area contributed by atoms with Crippen LogP contribution in [0.2, 0.25) is 0 Å². The molecular formula is C33H28Cl2Zr-2. The number of allylic oxidation sites excluding steroid dienone is 4. The van der Waals surface area contributed by atoms with E-state index < -0.39 is 0 Å². The fraction of sp³-hybridized carbons (Fsp3) is 0.121. The van der Waals surface area contributed by atoms with Crippen LogP contribution in [0.3, 0.4) is 0 Å². The van der Waals surface area contributed by atoms with Gasteiger partial charge in [0.25, 0.3) is 0 Å². The van der Waals surface area contributed by atoms with Crippen molar-refractivity contribution in [3.8, 4) is 11.1 Å². The zero-order valence-corrected chi connectivity index (χ0v) is 24.1. The van der Waals surface area contributed by atoms with E-state index in [1.54, 1.807) is 27.4 Å². The fourth-order valence-corrected chi connectivity index (χ4v) is 5.09. The third-order valence-electron chi connectivity index (χ3n) is 5.72. The average molecular weight is 587 g/mol. The van der Waals surface area contributed by atoms with Gasteiger partial charge in [-0.05, 0) is 6.42 Å². The smallest absolute Gasteiger partial charge is 0.0253 e. The third kappa shape index (κ3) is 9.29. The van der Waals surface area contributed by atoms with Crippen molar-refractivity contribution in [1.29, 1.82) is 0 Å². The predicted molar refractivity (Wildman–Crippen MR) is 140 cm³/mol. The Balaban J connectivity index is 0.000000205. The molecule has 0 saturated carbocycles. The van der Waals surface area contributed by atoms with Crippen molar-refractivity contribution in [1.82, 2.24) is 0 Å². The molecule has 0 bridgehead atoms. The Morgan fingerprint density at radius 1 is 0.694 bits per heavy atom. The molecule has 36 heavy (non-hydrogen) atoms. The SMILES string of the molecule is [C-]1=CC=CC1.[Cl-].[Cl-].[Zr+2]=[C](Cc1ccccc1)Cc1ccccc1.[c-]1cccc2c1Cc1ccccc1-2. The first kappa shape index (κ1) is 29.9. The van der Waals surface area contributed by atoms with Crippen molar-refractivity contribution in [2.24, 2.45) is 0 Å². The number of hydrogen-bond acceptors (Lipinski definition) is 0. The van der Waals surface area contributed by atoms with Crippen LogP contribution in [0, 0.1) is 12.1 Å². The van der Waals surface area contributed by atoms with Crippen molar-refractivity contribution in [2.75, 3.05) is 0 Å². The molecule has 2 aliphatic carbocycles. The standard InChI is InChI=1S/C15H14.C13H9.C5H5.2ClH.Zr/c1-3-8-14(9-4-1)12-7-13-15-10-5-2-6-11-15;1-3-7-12-10(5-1)9-11-6-2-4-8-13(11)12;1-2-4-5-3-1;;;/h1-6,8-11H,12-13H2;1-5,7-8H,9H2;1-3H,4H2;2*1H;/q;2*-1;;;+2/p-2. The maximum atomic E-state index is 3.30. The molecular weight excluding hydrogens is 558 g/mol. The summed E-state index contributed by atoms with van der Waals surface area (Å²) in [6, 6.07) is 39.5. The van der Waals surface area contributed by atoms with Gasteiger partial charge in [0, 0.05) is 0 Å². The minimum absolute atomic E-state index is 0. The fourth-order valence-electron chi connectivity index (χ4n) is 4.08. The molecule has 0 aromatic heterocycles. The molecule has 4 aromatic rings. The van der Waals surface area contributed by atoms with Crippen molar-refractivity contribution in [3.63, 3.8) is 0 Å². The molecule has 0 amide bonds. The molecule has 6 rings (SSSR count). The third-order valence-corrected chi connectivity index (χ3v) is 6.59. The van der Waals surface area contributed by atoms with E-state index in [1.165, 1.54) is 33.4 Å². The number of halogens is 2. The topological polar surface area (TPSA) is 0 Å². The molecule has 0 atom stereocenters. The second-order valence-electron chi connectivity index (χ2n) is 8.33. The Hall–Kier alpha value is -2.31. The van der Waals surface area contributed by atoms with E-state index in [0.717, 1.165) is 25.7 Å². The first-order chi connectivity index (χ1) is 16.8. The molecule has 0 radical (unpaired) electrons. The maximum Gasteiger partial charge on any atom is -0.0253 e. The van der Waals surface area contributed by atoms with Gasteiger partial charge < -0.3 is 24.8 Å². The average Bonchev–Trinajstić information content (AvgIpc) is 3.58. The number of benzene rings is 4. The van der Waals surface area contributed by atoms with Crippen LogP contribution in [0.1, 0.15) is 28.7 Å². The van der Waals surface area contributed by atoms with Gasteiger partial charge >= 0.3 is 112 Å². The van der Waals surface area contributed by atoms with Gasteiger partial charge in [-0.2, -0.15) is 35.9 Å². The van der Waals surface area contributed by atoms with Crippen LogP contribution in [0.15, 0.2) is 121 Å². The van der Waals surface area contributed by atoms with Crippen molar-refractivity contribution in [2.45, 2.75) is 25.7 Å². The van der Waals surface area contributed by atoms with E-state index >= 15 is 0 Å². The zero-order valence-electron chi connectivity index (χ0n) is 20.1. The molecule has 0 nitrogen and oxygen atoms in total. The van der Waals surface area contributed by atoms with E-state index in [-0.39, 0.29) is 24.8 Å². The number of fused-ring (bicyclic) bond motifs is 3. The molecule has 2 aliphatic rings. The van der Waals surface area contributed by atoms with Crippen LogP contribution >= 0.6 is 0 Å². The predicted octanol–water partition coefficient (Wildman–Crippen LogP) is 1.56. The molecule has 0 heterocycles. The minimum Gasteiger partial charge on any atom is -0.179 e. The summed E-state index contributed by atoms with van der Waals surface area (Å²) in [4.78, 5) is 0. The van der Waals surface area contributed by atoms with Crippen molar-refractivity contribution >= 4 is 3.21 Å². The largest absolute Gasteiger partial charge is 0.179 e. The second kappa shape index (κ2) is 16.4. The van der Waals surface area contributed by atoms with Crippen LogP contribution in [0.5, 0.6) is 0 Å². The van der Waals surface area contributed by atoms with Gasteiger partial charge in [-0.1, -0.05) is 35.4 Å². The van der Waals surface area contributed by atoms with Gasteiger partial charge in [-0.25, -0.2) is 12.2 Å². The Morgan fingerprint density at radius 2 is 1.28 bits per heavy atom. The van der Waals surface area contributed by atoms with E-state index in [1.807, 2.05) is 18.2 Å². The van der Waals surface area contributed by atoms with Gasteiger partial charge in [0.05, 0.1) is 0 Å². The van der Waals surface area contributed by atoms with E-state index in [0.29, 0.717) is 0 Å². The summed E-state index contributed by atoms with van der Waals surface area (Å²) in [5, 5.41) is 0. The molecule has 180 valence electrons. The van der Waals surface area contributed by atoms with Crippen molar-refractivity contribution in [3.05, 3.63) is 156 Å². The molecule has 3 heteroatoms. The molecule has 0 unspecified atom stereocenters. The molecule has 0 fully saturated rings. The summed E-state index contributed by atoms with van der Waals surface area (Å²) in [6.07, 6.45) is 13.3. The van der Waals surface area contributed by atoms with E-state index in [2.05, 4.69) is 115 Å². The molecule has 0 N–H and O–H groups in total. The van der Waals surface area contributed by atoms with E-state index in [4.69, 9.17) is 0 Å². The van der Waals surface area contributed by atoms with Gasteiger partial charge in [0.2, 0.25) is 0 Å². The van der Waals surface area contributed by atoms with Crippen LogP contribution in [-0.2, 0) is 43.5 Å². The first-order valence-electron chi connectivity index (χ1n) is 11.7. The summed E-state index contributed by atoms with van der Waals surface area (Å²) in [6.45, 7) is 0. The van der Waals surface area contributed by atoms with E-state index in [9.17, 15) is 0 Å². The number of hydrogen-bond donors (Lipinski definition) is 0. The van der Waals surface area contributed by atoms with Crippen LogP contribution in [0.25, 0.3) is 11.1 Å². The molecule has 0 spiro atoms. The summed E-state index contributed by atoms with van der Waals surface area (Å²) in [5.74, 6) is 0. The molecule has 4 aromatic carbocycles. The molecule has 0 aliphatic heterocycles. The minimum atomic E-state index is 0. The summed E-state index contributed by atoms with van der Waals surface area (Å²) in [5.41, 5.74) is 8.35. The first-order valence-corrected chi connectivity index (χ1v) is 13.0. The van der Waals surface area contributed by atoms with Crippen molar-refractivity contribution < 1.29 is 49.0 Å². The Morgan fingerprint density at radius 3 is 1.83 bits per heavy atom. The quantitative estimate of drug-likeness (QED) is 0.281. The Kier molecular flexibility index (Phi) is 13.7. The zero-order chi connectivity index (χ0) is 23.4. The summed E-state index contributed by atoms with van der Waals surface area (Å²) in [7, 11) is 0. The molecule has 0 saturated heterocycles.